The quantitative estimate of drug-likeness (QED) is 0.728. The van der Waals surface area contributed by atoms with E-state index in [1.165, 1.54) is 11.3 Å². The molecule has 0 spiro atoms. The lowest BCUT2D eigenvalue weighted by molar-refractivity contribution is 0.102. The normalized spacial score (nSPS) is 11.2. The number of rotatable bonds is 3. The summed E-state index contributed by atoms with van der Waals surface area (Å²) >= 11 is 16.4. The molecule has 7 heteroatoms. The molecule has 0 N–H and O–H groups in total. The number of ketones is 1. The van der Waals surface area contributed by atoms with Crippen LogP contribution in [0.1, 0.15) is 35.9 Å². The predicted octanol–water partition coefficient (Wildman–Crippen LogP) is 4.83. The van der Waals surface area contributed by atoms with Gasteiger partial charge >= 0.3 is 0 Å². The molecule has 0 aliphatic rings. The molecule has 3 nitrogen and oxygen atoms in total. The van der Waals surface area contributed by atoms with Crippen molar-refractivity contribution in [2.75, 3.05) is 0 Å². The molecule has 0 aliphatic heterocycles. The first-order chi connectivity index (χ1) is 8.41. The van der Waals surface area contributed by atoms with Crippen LogP contribution in [-0.2, 0) is 0 Å². The Balaban J connectivity index is 2.52. The second-order valence-electron chi connectivity index (χ2n) is 3.95. The number of thiophene rings is 1. The molecule has 0 atom stereocenters. The summed E-state index contributed by atoms with van der Waals surface area (Å²) in [6.45, 7) is 3.91. The Morgan fingerprint density at radius 3 is 2.67 bits per heavy atom. The molecule has 0 radical (unpaired) electrons. The summed E-state index contributed by atoms with van der Waals surface area (Å²) in [5.74, 6) is -0.179. The maximum absolute atomic E-state index is 12.5. The predicted molar refractivity (Wildman–Crippen MR) is 78.1 cm³/mol. The number of carbonyl (C=O) groups excluding carboxylic acids is 1. The number of halogens is 3. The standard InChI is InChI=1S/C11H9BrCl2N2OS/c1-5(2)16-9(7(12)4-15-16)10(17)6-3-8(13)18-11(6)14/h3-5H,1-2H3. The molecular weight excluding hydrogens is 359 g/mol. The largest absolute Gasteiger partial charge is 0.287 e. The molecule has 0 saturated heterocycles. The molecule has 18 heavy (non-hydrogen) atoms. The second-order valence-corrected chi connectivity index (χ2v) is 7.09. The Morgan fingerprint density at radius 1 is 1.50 bits per heavy atom. The van der Waals surface area contributed by atoms with Gasteiger partial charge in [-0.1, -0.05) is 23.2 Å². The van der Waals surface area contributed by atoms with E-state index in [9.17, 15) is 4.79 Å². The number of carbonyl (C=O) groups is 1. The first kappa shape index (κ1) is 14.1. The van der Waals surface area contributed by atoms with Crippen molar-refractivity contribution in [2.45, 2.75) is 19.9 Å². The summed E-state index contributed by atoms with van der Waals surface area (Å²) in [6, 6.07) is 1.67. The van der Waals surface area contributed by atoms with Gasteiger partial charge in [-0.05, 0) is 35.8 Å². The maximum atomic E-state index is 12.5. The van der Waals surface area contributed by atoms with Crippen LogP contribution in [0.2, 0.25) is 8.67 Å². The molecule has 96 valence electrons. The van der Waals surface area contributed by atoms with E-state index in [2.05, 4.69) is 21.0 Å². The van der Waals surface area contributed by atoms with Crippen molar-refractivity contribution >= 4 is 56.3 Å². The van der Waals surface area contributed by atoms with Gasteiger partial charge in [0.1, 0.15) is 10.0 Å². The van der Waals surface area contributed by atoms with Gasteiger partial charge in [0, 0.05) is 6.04 Å². The fraction of sp³-hybridized carbons (Fsp3) is 0.273. The van der Waals surface area contributed by atoms with E-state index in [0.717, 1.165) is 0 Å². The monoisotopic (exact) mass is 366 g/mol. The highest BCUT2D eigenvalue weighted by atomic mass is 79.9. The molecule has 0 amide bonds. The second kappa shape index (κ2) is 5.33. The highest BCUT2D eigenvalue weighted by molar-refractivity contribution is 9.10. The highest BCUT2D eigenvalue weighted by Crippen LogP contribution is 2.34. The minimum atomic E-state index is -0.179. The van der Waals surface area contributed by atoms with Crippen LogP contribution in [0.15, 0.2) is 16.7 Å². The van der Waals surface area contributed by atoms with Crippen molar-refractivity contribution in [3.8, 4) is 0 Å². The molecule has 2 rings (SSSR count). The van der Waals surface area contributed by atoms with E-state index in [1.54, 1.807) is 16.9 Å². The first-order valence-corrected chi connectivity index (χ1v) is 7.51. The minimum Gasteiger partial charge on any atom is -0.287 e. The summed E-state index contributed by atoms with van der Waals surface area (Å²) < 4.78 is 3.21. The van der Waals surface area contributed by atoms with Crippen molar-refractivity contribution in [2.24, 2.45) is 0 Å². The zero-order chi connectivity index (χ0) is 13.4. The molecule has 0 fully saturated rings. The van der Waals surface area contributed by atoms with Gasteiger partial charge in [-0.2, -0.15) is 5.10 Å². The third-order valence-electron chi connectivity index (χ3n) is 2.36. The molecule has 0 saturated carbocycles. The van der Waals surface area contributed by atoms with Crippen LogP contribution in [0.4, 0.5) is 0 Å². The SMILES string of the molecule is CC(C)n1ncc(Br)c1C(=O)c1cc(Cl)sc1Cl. The molecule has 0 aromatic carbocycles. The van der Waals surface area contributed by atoms with Crippen molar-refractivity contribution in [1.29, 1.82) is 0 Å². The summed E-state index contributed by atoms with van der Waals surface area (Å²) in [7, 11) is 0. The third-order valence-corrected chi connectivity index (χ3v) is 4.42. The molecule has 0 aliphatic carbocycles. The topological polar surface area (TPSA) is 34.9 Å². The number of hydrogen-bond acceptors (Lipinski definition) is 3. The number of nitrogens with zero attached hydrogens (tertiary/aromatic N) is 2. The summed E-state index contributed by atoms with van der Waals surface area (Å²) in [5, 5.41) is 4.17. The Bertz CT molecular complexity index is 606. The van der Waals surface area contributed by atoms with Crippen LogP contribution in [0.3, 0.4) is 0 Å². The summed E-state index contributed by atoms with van der Waals surface area (Å²) in [4.78, 5) is 12.5. The van der Waals surface area contributed by atoms with Crippen LogP contribution in [0.5, 0.6) is 0 Å². The fourth-order valence-electron chi connectivity index (χ4n) is 1.57. The van der Waals surface area contributed by atoms with Gasteiger partial charge in [0.15, 0.2) is 0 Å². The van der Waals surface area contributed by atoms with Gasteiger partial charge in [-0.15, -0.1) is 11.3 Å². The van der Waals surface area contributed by atoms with Gasteiger partial charge in [0.2, 0.25) is 5.78 Å². The molecule has 0 bridgehead atoms. The van der Waals surface area contributed by atoms with E-state index >= 15 is 0 Å². The number of aromatic nitrogens is 2. The van der Waals surface area contributed by atoms with Crippen LogP contribution < -0.4 is 0 Å². The van der Waals surface area contributed by atoms with Gasteiger partial charge in [-0.3, -0.25) is 9.48 Å². The van der Waals surface area contributed by atoms with Crippen LogP contribution in [-0.4, -0.2) is 15.6 Å². The van der Waals surface area contributed by atoms with E-state index in [1.807, 2.05) is 13.8 Å². The maximum Gasteiger partial charge on any atom is 0.214 e. The van der Waals surface area contributed by atoms with Crippen LogP contribution in [0.25, 0.3) is 0 Å². The van der Waals surface area contributed by atoms with E-state index in [-0.39, 0.29) is 11.8 Å². The van der Waals surface area contributed by atoms with E-state index in [4.69, 9.17) is 23.2 Å². The van der Waals surface area contributed by atoms with Crippen LogP contribution in [0, 0.1) is 0 Å². The van der Waals surface area contributed by atoms with Crippen molar-refractivity contribution < 1.29 is 4.79 Å². The van der Waals surface area contributed by atoms with Crippen molar-refractivity contribution in [3.63, 3.8) is 0 Å². The molecule has 0 unspecified atom stereocenters. The zero-order valence-electron chi connectivity index (χ0n) is 9.58. The van der Waals surface area contributed by atoms with E-state index in [0.29, 0.717) is 24.4 Å². The fourth-order valence-corrected chi connectivity index (χ4v) is 3.48. The first-order valence-electron chi connectivity index (χ1n) is 5.14. The average Bonchev–Trinajstić information content (AvgIpc) is 2.81. The van der Waals surface area contributed by atoms with Crippen molar-refractivity contribution in [1.82, 2.24) is 9.78 Å². The Morgan fingerprint density at radius 2 is 2.17 bits per heavy atom. The minimum absolute atomic E-state index is 0.0862. The highest BCUT2D eigenvalue weighted by Gasteiger charge is 2.23. The Hall–Kier alpha value is -0.360. The average molecular weight is 368 g/mol. The number of hydrogen-bond donors (Lipinski definition) is 0. The lowest BCUT2D eigenvalue weighted by Crippen LogP contribution is -2.13. The Kier molecular flexibility index (Phi) is 4.16. The lowest BCUT2D eigenvalue weighted by atomic mass is 10.1. The smallest absolute Gasteiger partial charge is 0.214 e. The third kappa shape index (κ3) is 2.50. The summed E-state index contributed by atoms with van der Waals surface area (Å²) in [6.07, 6.45) is 1.61. The van der Waals surface area contributed by atoms with Crippen molar-refractivity contribution in [3.05, 3.63) is 36.7 Å². The van der Waals surface area contributed by atoms with Gasteiger partial charge in [0.25, 0.3) is 0 Å². The molecule has 2 heterocycles. The summed E-state index contributed by atoms with van der Waals surface area (Å²) in [5.41, 5.74) is 0.899. The Labute approximate surface area is 127 Å². The molecular formula is C11H9BrCl2N2OS. The van der Waals surface area contributed by atoms with E-state index < -0.39 is 0 Å². The van der Waals surface area contributed by atoms with Gasteiger partial charge in [0.05, 0.1) is 20.6 Å². The zero-order valence-corrected chi connectivity index (χ0v) is 13.5. The molecule has 2 aromatic rings. The van der Waals surface area contributed by atoms with Gasteiger partial charge < -0.3 is 0 Å². The molecule has 2 aromatic heterocycles. The van der Waals surface area contributed by atoms with Gasteiger partial charge in [-0.25, -0.2) is 0 Å². The van der Waals surface area contributed by atoms with Crippen LogP contribution >= 0.6 is 50.5 Å². The lowest BCUT2D eigenvalue weighted by Gasteiger charge is -2.10.